The zero-order valence-corrected chi connectivity index (χ0v) is 14.6. The fraction of sp³-hybridized carbons (Fsp3) is 0.350. The minimum Gasteiger partial charge on any atom is -0.497 e. The van der Waals surface area contributed by atoms with E-state index in [0.29, 0.717) is 43.0 Å². The van der Waals surface area contributed by atoms with Gasteiger partial charge in [-0.25, -0.2) is 0 Å². The van der Waals surface area contributed by atoms with Gasteiger partial charge >= 0.3 is 0 Å². The number of hydrogen-bond acceptors (Lipinski definition) is 5. The van der Waals surface area contributed by atoms with Gasteiger partial charge < -0.3 is 24.2 Å². The van der Waals surface area contributed by atoms with Crippen molar-refractivity contribution in [3.05, 3.63) is 53.6 Å². The van der Waals surface area contributed by atoms with Gasteiger partial charge in [0.2, 0.25) is 6.79 Å². The molecule has 0 spiro atoms. The predicted molar refractivity (Wildman–Crippen MR) is 94.6 cm³/mol. The highest BCUT2D eigenvalue weighted by atomic mass is 16.7. The van der Waals surface area contributed by atoms with Crippen LogP contribution in [0.1, 0.15) is 28.8 Å². The monoisotopic (exact) mass is 355 g/mol. The SMILES string of the molecule is COc1cccc(C2(O)CCN(C(=O)c3ccc4c(c3)OCO4)CC2)c1. The van der Waals surface area contributed by atoms with E-state index in [2.05, 4.69) is 0 Å². The largest absolute Gasteiger partial charge is 0.497 e. The second kappa shape index (κ2) is 6.53. The lowest BCUT2D eigenvalue weighted by Crippen LogP contribution is -2.45. The Balaban J connectivity index is 1.46. The van der Waals surface area contributed by atoms with Gasteiger partial charge in [-0.2, -0.15) is 0 Å². The summed E-state index contributed by atoms with van der Waals surface area (Å²) in [7, 11) is 1.61. The number of aliphatic hydroxyl groups is 1. The number of rotatable bonds is 3. The number of benzene rings is 2. The van der Waals surface area contributed by atoms with Gasteiger partial charge in [0.1, 0.15) is 5.75 Å². The first kappa shape index (κ1) is 16.7. The quantitative estimate of drug-likeness (QED) is 0.916. The van der Waals surface area contributed by atoms with Gasteiger partial charge in [-0.1, -0.05) is 12.1 Å². The fourth-order valence-corrected chi connectivity index (χ4v) is 3.49. The highest BCUT2D eigenvalue weighted by Gasteiger charge is 2.36. The van der Waals surface area contributed by atoms with E-state index in [4.69, 9.17) is 14.2 Å². The molecule has 26 heavy (non-hydrogen) atoms. The maximum atomic E-state index is 12.8. The lowest BCUT2D eigenvalue weighted by Gasteiger charge is -2.38. The Labute approximate surface area is 151 Å². The molecule has 2 aliphatic rings. The number of amides is 1. The van der Waals surface area contributed by atoms with E-state index in [1.54, 1.807) is 30.2 Å². The molecule has 1 amide bonds. The summed E-state index contributed by atoms with van der Waals surface area (Å²) in [6.07, 6.45) is 0.965. The van der Waals surface area contributed by atoms with Crippen molar-refractivity contribution in [1.82, 2.24) is 4.90 Å². The van der Waals surface area contributed by atoms with Crippen LogP contribution < -0.4 is 14.2 Å². The van der Waals surface area contributed by atoms with E-state index in [1.807, 2.05) is 24.3 Å². The molecule has 2 aromatic rings. The molecule has 0 aromatic heterocycles. The number of nitrogens with zero attached hydrogens (tertiary/aromatic N) is 1. The molecule has 2 aliphatic heterocycles. The fourth-order valence-electron chi connectivity index (χ4n) is 3.49. The number of carbonyl (C=O) groups excluding carboxylic acids is 1. The van der Waals surface area contributed by atoms with Crippen LogP contribution in [-0.4, -0.2) is 42.9 Å². The molecule has 1 saturated heterocycles. The molecule has 0 aliphatic carbocycles. The van der Waals surface area contributed by atoms with Crippen LogP contribution in [0.2, 0.25) is 0 Å². The molecular weight excluding hydrogens is 334 g/mol. The third-order valence-corrected chi connectivity index (χ3v) is 5.10. The molecule has 0 bridgehead atoms. The van der Waals surface area contributed by atoms with Crippen molar-refractivity contribution in [3.8, 4) is 17.2 Å². The van der Waals surface area contributed by atoms with Crippen molar-refractivity contribution in [2.45, 2.75) is 18.4 Å². The Morgan fingerprint density at radius 1 is 1.12 bits per heavy atom. The predicted octanol–water partition coefficient (Wildman–Crippen LogP) is 2.55. The maximum Gasteiger partial charge on any atom is 0.253 e. The molecule has 1 fully saturated rings. The van der Waals surface area contributed by atoms with Crippen LogP contribution in [0.4, 0.5) is 0 Å². The molecule has 136 valence electrons. The summed E-state index contributed by atoms with van der Waals surface area (Å²) >= 11 is 0. The summed E-state index contributed by atoms with van der Waals surface area (Å²) in [5.74, 6) is 1.92. The van der Waals surface area contributed by atoms with Crippen LogP contribution in [0.5, 0.6) is 17.2 Å². The molecule has 4 rings (SSSR count). The summed E-state index contributed by atoms with van der Waals surface area (Å²) in [4.78, 5) is 14.5. The second-order valence-electron chi connectivity index (χ2n) is 6.62. The molecular formula is C20H21NO5. The second-order valence-corrected chi connectivity index (χ2v) is 6.62. The van der Waals surface area contributed by atoms with Gasteiger partial charge in [-0.15, -0.1) is 0 Å². The minimum atomic E-state index is -0.944. The van der Waals surface area contributed by atoms with Crippen LogP contribution in [-0.2, 0) is 5.60 Å². The van der Waals surface area contributed by atoms with Crippen LogP contribution in [0.3, 0.4) is 0 Å². The van der Waals surface area contributed by atoms with E-state index in [9.17, 15) is 9.90 Å². The average Bonchev–Trinajstić information content (AvgIpc) is 3.16. The first-order chi connectivity index (χ1) is 12.6. The highest BCUT2D eigenvalue weighted by molar-refractivity contribution is 5.95. The van der Waals surface area contributed by atoms with E-state index >= 15 is 0 Å². The first-order valence-electron chi connectivity index (χ1n) is 8.65. The topological polar surface area (TPSA) is 68.2 Å². The Morgan fingerprint density at radius 2 is 1.88 bits per heavy atom. The van der Waals surface area contributed by atoms with Crippen LogP contribution in [0, 0.1) is 0 Å². The van der Waals surface area contributed by atoms with E-state index in [0.717, 1.165) is 11.3 Å². The van der Waals surface area contributed by atoms with Gasteiger partial charge in [0, 0.05) is 18.7 Å². The van der Waals surface area contributed by atoms with Gasteiger partial charge in [-0.05, 0) is 48.7 Å². The molecule has 0 saturated carbocycles. The van der Waals surface area contributed by atoms with Gasteiger partial charge in [0.15, 0.2) is 11.5 Å². The third kappa shape index (κ3) is 2.97. The van der Waals surface area contributed by atoms with Crippen LogP contribution in [0.25, 0.3) is 0 Å². The molecule has 0 radical (unpaired) electrons. The molecule has 6 heteroatoms. The molecule has 0 atom stereocenters. The highest BCUT2D eigenvalue weighted by Crippen LogP contribution is 2.36. The number of hydrogen-bond donors (Lipinski definition) is 1. The van der Waals surface area contributed by atoms with E-state index in [-0.39, 0.29) is 12.7 Å². The number of methoxy groups -OCH3 is 1. The Bertz CT molecular complexity index is 827. The van der Waals surface area contributed by atoms with Crippen molar-refractivity contribution < 1.29 is 24.1 Å². The number of ether oxygens (including phenoxy) is 3. The lowest BCUT2D eigenvalue weighted by molar-refractivity contribution is -0.0212. The summed E-state index contributed by atoms with van der Waals surface area (Å²) < 4.78 is 15.9. The number of fused-ring (bicyclic) bond motifs is 1. The summed E-state index contributed by atoms with van der Waals surface area (Å²) in [6.45, 7) is 1.16. The smallest absolute Gasteiger partial charge is 0.253 e. The number of carbonyl (C=O) groups is 1. The van der Waals surface area contributed by atoms with Crippen molar-refractivity contribution in [3.63, 3.8) is 0 Å². The van der Waals surface area contributed by atoms with Gasteiger partial charge in [-0.3, -0.25) is 4.79 Å². The zero-order chi connectivity index (χ0) is 18.1. The first-order valence-corrected chi connectivity index (χ1v) is 8.65. The molecule has 2 aromatic carbocycles. The van der Waals surface area contributed by atoms with Crippen molar-refractivity contribution in [2.75, 3.05) is 27.0 Å². The summed E-state index contributed by atoms with van der Waals surface area (Å²) in [6, 6.07) is 12.7. The standard InChI is InChI=1S/C20H21NO5/c1-24-16-4-2-3-15(12-16)20(23)7-9-21(10-8-20)19(22)14-5-6-17-18(11-14)26-13-25-17/h2-6,11-12,23H,7-10,13H2,1H3. The normalized spacial score (nSPS) is 17.8. The molecule has 2 heterocycles. The summed E-state index contributed by atoms with van der Waals surface area (Å²) in [5, 5.41) is 11.0. The van der Waals surface area contributed by atoms with E-state index in [1.165, 1.54) is 0 Å². The van der Waals surface area contributed by atoms with Crippen LogP contribution in [0.15, 0.2) is 42.5 Å². The average molecular weight is 355 g/mol. The van der Waals surface area contributed by atoms with E-state index < -0.39 is 5.60 Å². The third-order valence-electron chi connectivity index (χ3n) is 5.10. The zero-order valence-electron chi connectivity index (χ0n) is 14.6. The molecule has 1 N–H and O–H groups in total. The molecule has 6 nitrogen and oxygen atoms in total. The maximum absolute atomic E-state index is 12.8. The number of likely N-dealkylation sites (tertiary alicyclic amines) is 1. The van der Waals surface area contributed by atoms with Crippen molar-refractivity contribution in [1.29, 1.82) is 0 Å². The Morgan fingerprint density at radius 3 is 2.65 bits per heavy atom. The van der Waals surface area contributed by atoms with Crippen LogP contribution >= 0.6 is 0 Å². The van der Waals surface area contributed by atoms with Gasteiger partial charge in [0.25, 0.3) is 5.91 Å². The minimum absolute atomic E-state index is 0.0593. The Kier molecular flexibility index (Phi) is 4.20. The summed E-state index contributed by atoms with van der Waals surface area (Å²) in [5.41, 5.74) is 0.452. The Hall–Kier alpha value is -2.73. The number of piperidine rings is 1. The van der Waals surface area contributed by atoms with Crippen molar-refractivity contribution in [2.24, 2.45) is 0 Å². The lowest BCUT2D eigenvalue weighted by atomic mass is 9.84. The van der Waals surface area contributed by atoms with Crippen molar-refractivity contribution >= 4 is 5.91 Å². The van der Waals surface area contributed by atoms with Gasteiger partial charge in [0.05, 0.1) is 12.7 Å². The molecule has 0 unspecified atom stereocenters.